The maximum absolute atomic E-state index is 11.4. The maximum atomic E-state index is 11.4. The molecule has 0 radical (unpaired) electrons. The Morgan fingerprint density at radius 1 is 1.19 bits per heavy atom. The molecule has 2 atom stereocenters. The predicted molar refractivity (Wildman–Crippen MR) is 78.2 cm³/mol. The van der Waals surface area contributed by atoms with Crippen LogP contribution < -0.4 is 0 Å². The minimum atomic E-state index is -1.60. The standard InChI is InChI=1S/C16H19NO4/c1-10-9-13(14(18)15(19)16(20)21-3)11(2)17(10)12-7-5-4-6-8-12/h4-9,14-15,18-19H,1-3H3. The van der Waals surface area contributed by atoms with E-state index < -0.39 is 18.2 Å². The van der Waals surface area contributed by atoms with Crippen molar-refractivity contribution < 1.29 is 19.7 Å². The van der Waals surface area contributed by atoms with Crippen molar-refractivity contribution in [1.29, 1.82) is 0 Å². The van der Waals surface area contributed by atoms with Gasteiger partial charge in [0.15, 0.2) is 6.10 Å². The monoisotopic (exact) mass is 289 g/mol. The molecule has 2 aromatic rings. The Balaban J connectivity index is 2.42. The van der Waals surface area contributed by atoms with Gasteiger partial charge in [-0.25, -0.2) is 4.79 Å². The molecule has 1 aromatic heterocycles. The molecule has 0 saturated heterocycles. The van der Waals surface area contributed by atoms with E-state index >= 15 is 0 Å². The number of esters is 1. The molecule has 0 aliphatic carbocycles. The second kappa shape index (κ2) is 6.11. The summed E-state index contributed by atoms with van der Waals surface area (Å²) in [4.78, 5) is 11.4. The number of aliphatic hydroxyl groups is 2. The van der Waals surface area contributed by atoms with Crippen LogP contribution >= 0.6 is 0 Å². The topological polar surface area (TPSA) is 71.7 Å². The number of methoxy groups -OCH3 is 1. The van der Waals surface area contributed by atoms with Gasteiger partial charge >= 0.3 is 5.97 Å². The van der Waals surface area contributed by atoms with Gasteiger partial charge in [0, 0.05) is 22.6 Å². The van der Waals surface area contributed by atoms with E-state index in [0.29, 0.717) is 5.56 Å². The molecule has 1 heterocycles. The van der Waals surface area contributed by atoms with Gasteiger partial charge < -0.3 is 19.5 Å². The fraction of sp³-hybridized carbons (Fsp3) is 0.312. The highest BCUT2D eigenvalue weighted by molar-refractivity contribution is 5.75. The second-order valence-corrected chi connectivity index (χ2v) is 4.91. The summed E-state index contributed by atoms with van der Waals surface area (Å²) in [5.41, 5.74) is 3.15. The summed E-state index contributed by atoms with van der Waals surface area (Å²) in [5.74, 6) is -0.855. The molecule has 5 heteroatoms. The zero-order chi connectivity index (χ0) is 15.6. The van der Waals surface area contributed by atoms with Crippen LogP contribution in [0.15, 0.2) is 36.4 Å². The molecule has 5 nitrogen and oxygen atoms in total. The first-order valence-corrected chi connectivity index (χ1v) is 6.65. The second-order valence-electron chi connectivity index (χ2n) is 4.91. The van der Waals surface area contributed by atoms with Crippen LogP contribution in [0, 0.1) is 13.8 Å². The van der Waals surface area contributed by atoms with Crippen molar-refractivity contribution in [3.8, 4) is 5.69 Å². The van der Waals surface area contributed by atoms with Crippen LogP contribution in [0.4, 0.5) is 0 Å². The summed E-state index contributed by atoms with van der Waals surface area (Å²) in [5, 5.41) is 20.0. The number of aromatic nitrogens is 1. The summed E-state index contributed by atoms with van der Waals surface area (Å²) in [6.07, 6.45) is -2.92. The molecule has 2 unspecified atom stereocenters. The largest absolute Gasteiger partial charge is 0.467 e. The van der Waals surface area contributed by atoms with E-state index in [1.165, 1.54) is 7.11 Å². The molecule has 1 aromatic carbocycles. The van der Waals surface area contributed by atoms with E-state index in [-0.39, 0.29) is 0 Å². The number of ether oxygens (including phenoxy) is 1. The maximum Gasteiger partial charge on any atom is 0.337 e. The molecule has 0 aliphatic heterocycles. The number of para-hydroxylation sites is 1. The first kappa shape index (κ1) is 15.3. The quantitative estimate of drug-likeness (QED) is 0.840. The van der Waals surface area contributed by atoms with Crippen LogP contribution in [-0.2, 0) is 9.53 Å². The van der Waals surface area contributed by atoms with Gasteiger partial charge in [-0.1, -0.05) is 18.2 Å². The van der Waals surface area contributed by atoms with Crippen molar-refractivity contribution >= 4 is 5.97 Å². The van der Waals surface area contributed by atoms with Gasteiger partial charge in [0.1, 0.15) is 6.10 Å². The lowest BCUT2D eigenvalue weighted by molar-refractivity contribution is -0.156. The molecule has 2 N–H and O–H groups in total. The van der Waals surface area contributed by atoms with E-state index in [4.69, 9.17) is 0 Å². The number of benzene rings is 1. The highest BCUT2D eigenvalue weighted by Gasteiger charge is 2.29. The average Bonchev–Trinajstić information content (AvgIpc) is 2.80. The SMILES string of the molecule is COC(=O)C(O)C(O)c1cc(C)n(-c2ccccc2)c1C. The van der Waals surface area contributed by atoms with Crippen molar-refractivity contribution in [2.45, 2.75) is 26.1 Å². The fourth-order valence-corrected chi connectivity index (χ4v) is 2.48. The van der Waals surface area contributed by atoms with Crippen molar-refractivity contribution in [3.05, 3.63) is 53.3 Å². The number of carbonyl (C=O) groups excluding carboxylic acids is 1. The van der Waals surface area contributed by atoms with Crippen LogP contribution in [-0.4, -0.2) is 34.0 Å². The Morgan fingerprint density at radius 2 is 1.81 bits per heavy atom. The zero-order valence-corrected chi connectivity index (χ0v) is 12.3. The van der Waals surface area contributed by atoms with Crippen LogP contribution in [0.5, 0.6) is 0 Å². The van der Waals surface area contributed by atoms with Crippen LogP contribution in [0.3, 0.4) is 0 Å². The van der Waals surface area contributed by atoms with Gasteiger partial charge in [0.05, 0.1) is 7.11 Å². The smallest absolute Gasteiger partial charge is 0.337 e. The number of nitrogens with zero attached hydrogens (tertiary/aromatic N) is 1. The molecule has 0 spiro atoms. The lowest BCUT2D eigenvalue weighted by Crippen LogP contribution is -2.29. The van der Waals surface area contributed by atoms with E-state index in [1.807, 2.05) is 48.7 Å². The van der Waals surface area contributed by atoms with Crippen LogP contribution in [0.1, 0.15) is 23.1 Å². The number of rotatable bonds is 4. The Labute approximate surface area is 123 Å². The Hall–Kier alpha value is -2.11. The summed E-state index contributed by atoms with van der Waals surface area (Å²) >= 11 is 0. The molecule has 21 heavy (non-hydrogen) atoms. The minimum absolute atomic E-state index is 0.509. The van der Waals surface area contributed by atoms with Crippen LogP contribution in [0.2, 0.25) is 0 Å². The predicted octanol–water partition coefficient (Wildman–Crippen LogP) is 1.66. The molecule has 112 valence electrons. The first-order valence-electron chi connectivity index (χ1n) is 6.65. The molecular formula is C16H19NO4. The third-order valence-electron chi connectivity index (χ3n) is 3.55. The normalized spacial score (nSPS) is 13.8. The van der Waals surface area contributed by atoms with E-state index in [9.17, 15) is 15.0 Å². The molecule has 0 saturated carbocycles. The fourth-order valence-electron chi connectivity index (χ4n) is 2.48. The van der Waals surface area contributed by atoms with Crippen molar-refractivity contribution in [2.24, 2.45) is 0 Å². The minimum Gasteiger partial charge on any atom is -0.467 e. The Morgan fingerprint density at radius 3 is 2.38 bits per heavy atom. The number of hydrogen-bond acceptors (Lipinski definition) is 4. The zero-order valence-electron chi connectivity index (χ0n) is 12.3. The summed E-state index contributed by atoms with van der Waals surface area (Å²) < 4.78 is 6.42. The third-order valence-corrected chi connectivity index (χ3v) is 3.55. The summed E-state index contributed by atoms with van der Waals surface area (Å²) in [7, 11) is 1.17. The number of carbonyl (C=O) groups is 1. The molecule has 0 bridgehead atoms. The van der Waals surface area contributed by atoms with E-state index in [1.54, 1.807) is 6.07 Å². The molecule has 0 aliphatic rings. The molecule has 2 rings (SSSR count). The highest BCUT2D eigenvalue weighted by Crippen LogP contribution is 2.27. The lowest BCUT2D eigenvalue weighted by atomic mass is 10.0. The van der Waals surface area contributed by atoms with Crippen molar-refractivity contribution in [2.75, 3.05) is 7.11 Å². The first-order chi connectivity index (χ1) is 9.97. The van der Waals surface area contributed by atoms with Gasteiger partial charge in [0.2, 0.25) is 0 Å². The third kappa shape index (κ3) is 2.84. The van der Waals surface area contributed by atoms with Gasteiger partial charge in [-0.05, 0) is 32.0 Å². The molecule has 0 fully saturated rings. The summed E-state index contributed by atoms with van der Waals surface area (Å²) in [6, 6.07) is 11.4. The number of aliphatic hydroxyl groups excluding tert-OH is 2. The van der Waals surface area contributed by atoms with Crippen LogP contribution in [0.25, 0.3) is 5.69 Å². The Kier molecular flexibility index (Phi) is 4.45. The van der Waals surface area contributed by atoms with Crippen molar-refractivity contribution in [1.82, 2.24) is 4.57 Å². The molecular weight excluding hydrogens is 270 g/mol. The van der Waals surface area contributed by atoms with Gasteiger partial charge in [-0.3, -0.25) is 0 Å². The van der Waals surface area contributed by atoms with Gasteiger partial charge in [-0.2, -0.15) is 0 Å². The Bertz CT molecular complexity index is 633. The lowest BCUT2D eigenvalue weighted by Gasteiger charge is -2.16. The average molecular weight is 289 g/mol. The van der Waals surface area contributed by atoms with E-state index in [2.05, 4.69) is 4.74 Å². The number of hydrogen-bond donors (Lipinski definition) is 2. The van der Waals surface area contributed by atoms with E-state index in [0.717, 1.165) is 17.1 Å². The van der Waals surface area contributed by atoms with Gasteiger partial charge in [-0.15, -0.1) is 0 Å². The molecule has 0 amide bonds. The van der Waals surface area contributed by atoms with Crippen molar-refractivity contribution in [3.63, 3.8) is 0 Å². The highest BCUT2D eigenvalue weighted by atomic mass is 16.5. The van der Waals surface area contributed by atoms with Gasteiger partial charge in [0.25, 0.3) is 0 Å². The number of aryl methyl sites for hydroxylation is 1. The summed E-state index contributed by atoms with van der Waals surface area (Å²) in [6.45, 7) is 3.74.